The van der Waals surface area contributed by atoms with Crippen LogP contribution in [0.4, 0.5) is 4.79 Å². The molecule has 3 rings (SSSR count). The molecule has 2 amide bonds. The second kappa shape index (κ2) is 7.15. The fourth-order valence-corrected chi connectivity index (χ4v) is 2.99. The van der Waals surface area contributed by atoms with E-state index in [0.717, 1.165) is 19.3 Å². The summed E-state index contributed by atoms with van der Waals surface area (Å²) < 4.78 is 0. The summed E-state index contributed by atoms with van der Waals surface area (Å²) in [6.45, 7) is 2.17. The van der Waals surface area contributed by atoms with E-state index < -0.39 is 6.10 Å². The minimum absolute atomic E-state index is 0.0930. The second-order valence-electron chi connectivity index (χ2n) is 6.83. The molecule has 4 N–H and O–H groups in total. The number of rotatable bonds is 6. The van der Waals surface area contributed by atoms with Gasteiger partial charge in [0.25, 0.3) is 0 Å². The predicted molar refractivity (Wildman–Crippen MR) is 96.4 cm³/mol. The van der Waals surface area contributed by atoms with Gasteiger partial charge in [-0.05, 0) is 55.0 Å². The highest BCUT2D eigenvalue weighted by Crippen LogP contribution is 2.39. The van der Waals surface area contributed by atoms with Gasteiger partial charge >= 0.3 is 6.03 Å². The Morgan fingerprint density at radius 2 is 1.96 bits per heavy atom. The van der Waals surface area contributed by atoms with E-state index >= 15 is 0 Å². The van der Waals surface area contributed by atoms with Gasteiger partial charge in [0.2, 0.25) is 0 Å². The molecule has 2 aromatic rings. The van der Waals surface area contributed by atoms with Gasteiger partial charge in [-0.25, -0.2) is 4.79 Å². The molecule has 0 bridgehead atoms. The number of hydrogen-bond donors (Lipinski definition) is 4. The molecule has 0 aromatic heterocycles. The number of nitrogens with one attached hydrogen (secondary N) is 2. The van der Waals surface area contributed by atoms with E-state index in [9.17, 15) is 15.0 Å². The van der Waals surface area contributed by atoms with Gasteiger partial charge in [-0.15, -0.1) is 0 Å². The highest BCUT2D eigenvalue weighted by atomic mass is 16.3. The molecule has 0 radical (unpaired) electrons. The molecule has 0 saturated heterocycles. The van der Waals surface area contributed by atoms with Crippen LogP contribution in [0.5, 0.6) is 5.75 Å². The second-order valence-corrected chi connectivity index (χ2v) is 6.83. The number of aryl methyl sites for hydroxylation is 1. The molecule has 5 nitrogen and oxygen atoms in total. The van der Waals surface area contributed by atoms with Crippen molar-refractivity contribution in [2.75, 3.05) is 6.54 Å². The van der Waals surface area contributed by atoms with Crippen molar-refractivity contribution >= 4 is 6.03 Å². The minimum Gasteiger partial charge on any atom is -0.508 e. The number of carbonyl (C=O) groups is 1. The number of carbonyl (C=O) groups excluding carboxylic acids is 1. The Hall–Kier alpha value is -2.53. The number of phenolic OH excluding ortho intramolecular Hbond substituents is 1. The number of hydrogen-bond acceptors (Lipinski definition) is 3. The van der Waals surface area contributed by atoms with E-state index in [1.165, 1.54) is 17.2 Å². The fourth-order valence-electron chi connectivity index (χ4n) is 2.99. The van der Waals surface area contributed by atoms with Gasteiger partial charge in [0, 0.05) is 12.1 Å². The van der Waals surface area contributed by atoms with Crippen molar-refractivity contribution in [3.05, 3.63) is 65.2 Å². The molecule has 0 aliphatic heterocycles. The van der Waals surface area contributed by atoms with Crippen molar-refractivity contribution in [3.63, 3.8) is 0 Å². The number of benzene rings is 2. The maximum absolute atomic E-state index is 12.2. The standard InChI is InChI=1S/C20H24N2O3/c1-14-5-2-3-6-16(14)12-20(9-10-20)22-19(25)21-13-18(24)15-7-4-8-17(23)11-15/h2-8,11,18,23-24H,9-10,12-13H2,1H3,(H2,21,22,25)/t18-/m0/s1. The summed E-state index contributed by atoms with van der Waals surface area (Å²) in [5, 5.41) is 25.3. The minimum atomic E-state index is -0.857. The average Bonchev–Trinajstić information content (AvgIpc) is 3.34. The van der Waals surface area contributed by atoms with Gasteiger partial charge < -0.3 is 20.8 Å². The molecule has 0 heterocycles. The summed E-state index contributed by atoms with van der Waals surface area (Å²) in [5.41, 5.74) is 2.88. The molecule has 0 unspecified atom stereocenters. The quantitative estimate of drug-likeness (QED) is 0.653. The summed E-state index contributed by atoms with van der Waals surface area (Å²) in [4.78, 5) is 12.2. The van der Waals surface area contributed by atoms with Crippen LogP contribution in [0.2, 0.25) is 0 Å². The lowest BCUT2D eigenvalue weighted by Gasteiger charge is -2.20. The monoisotopic (exact) mass is 340 g/mol. The van der Waals surface area contributed by atoms with Crippen molar-refractivity contribution in [2.45, 2.75) is 37.8 Å². The highest BCUT2D eigenvalue weighted by Gasteiger charge is 2.44. The van der Waals surface area contributed by atoms with E-state index in [2.05, 4.69) is 29.7 Å². The first-order valence-corrected chi connectivity index (χ1v) is 8.55. The summed E-state index contributed by atoms with van der Waals surface area (Å²) in [6.07, 6.45) is 1.89. The van der Waals surface area contributed by atoms with Crippen LogP contribution in [-0.2, 0) is 6.42 Å². The third-order valence-corrected chi connectivity index (χ3v) is 4.73. The average molecular weight is 340 g/mol. The lowest BCUT2D eigenvalue weighted by atomic mass is 10.00. The van der Waals surface area contributed by atoms with Gasteiger partial charge in [-0.2, -0.15) is 0 Å². The van der Waals surface area contributed by atoms with E-state index in [0.29, 0.717) is 5.56 Å². The zero-order valence-corrected chi connectivity index (χ0v) is 14.3. The van der Waals surface area contributed by atoms with Crippen molar-refractivity contribution in [1.29, 1.82) is 0 Å². The molecule has 132 valence electrons. The molecule has 1 fully saturated rings. The summed E-state index contributed by atoms with van der Waals surface area (Å²) in [5.74, 6) is 0.0937. The predicted octanol–water partition coefficient (Wildman–Crippen LogP) is 2.81. The summed E-state index contributed by atoms with van der Waals surface area (Å²) in [7, 11) is 0. The Morgan fingerprint density at radius 1 is 1.20 bits per heavy atom. The molecular weight excluding hydrogens is 316 g/mol. The van der Waals surface area contributed by atoms with Gasteiger partial charge in [-0.3, -0.25) is 0 Å². The van der Waals surface area contributed by atoms with E-state index in [1.54, 1.807) is 18.2 Å². The van der Waals surface area contributed by atoms with Crippen LogP contribution in [-0.4, -0.2) is 28.3 Å². The summed E-state index contributed by atoms with van der Waals surface area (Å²) >= 11 is 0. The number of phenols is 1. The molecule has 1 aliphatic carbocycles. The number of amides is 2. The Morgan fingerprint density at radius 3 is 2.64 bits per heavy atom. The van der Waals surface area contributed by atoms with E-state index in [1.807, 2.05) is 12.1 Å². The smallest absolute Gasteiger partial charge is 0.315 e. The number of aliphatic hydroxyl groups excluding tert-OH is 1. The van der Waals surface area contributed by atoms with E-state index in [4.69, 9.17) is 0 Å². The molecule has 2 aromatic carbocycles. The van der Waals surface area contributed by atoms with Crippen LogP contribution in [0, 0.1) is 6.92 Å². The third-order valence-electron chi connectivity index (χ3n) is 4.73. The zero-order valence-electron chi connectivity index (χ0n) is 14.3. The Bertz CT molecular complexity index is 756. The lowest BCUT2D eigenvalue weighted by Crippen LogP contribution is -2.45. The van der Waals surface area contributed by atoms with Gasteiger partial charge in [0.1, 0.15) is 5.75 Å². The van der Waals surface area contributed by atoms with Crippen LogP contribution in [0.3, 0.4) is 0 Å². The number of aromatic hydroxyl groups is 1. The Labute approximate surface area is 147 Å². The maximum atomic E-state index is 12.2. The molecule has 1 atom stereocenters. The van der Waals surface area contributed by atoms with Crippen molar-refractivity contribution in [1.82, 2.24) is 10.6 Å². The van der Waals surface area contributed by atoms with Crippen molar-refractivity contribution < 1.29 is 15.0 Å². The normalized spacial score (nSPS) is 16.1. The highest BCUT2D eigenvalue weighted by molar-refractivity contribution is 5.75. The Kier molecular flexibility index (Phi) is 4.95. The summed E-state index contributed by atoms with van der Waals surface area (Å²) in [6, 6.07) is 14.3. The molecule has 1 aliphatic rings. The maximum Gasteiger partial charge on any atom is 0.315 e. The largest absolute Gasteiger partial charge is 0.508 e. The fraction of sp³-hybridized carbons (Fsp3) is 0.350. The molecular formula is C20H24N2O3. The number of aliphatic hydroxyl groups is 1. The first-order valence-electron chi connectivity index (χ1n) is 8.55. The van der Waals surface area contributed by atoms with Crippen molar-refractivity contribution in [2.24, 2.45) is 0 Å². The molecule has 0 spiro atoms. The van der Waals surface area contributed by atoms with Crippen LogP contribution < -0.4 is 10.6 Å². The SMILES string of the molecule is Cc1ccccc1CC1(NC(=O)NC[C@H](O)c2cccc(O)c2)CC1. The lowest BCUT2D eigenvalue weighted by molar-refractivity contribution is 0.172. The van der Waals surface area contributed by atoms with Crippen molar-refractivity contribution in [3.8, 4) is 5.75 Å². The van der Waals surface area contributed by atoms with Crippen LogP contribution in [0.25, 0.3) is 0 Å². The van der Waals surface area contributed by atoms with Gasteiger partial charge in [0.05, 0.1) is 6.10 Å². The molecule has 1 saturated carbocycles. The van der Waals surface area contributed by atoms with Crippen LogP contribution in [0.15, 0.2) is 48.5 Å². The van der Waals surface area contributed by atoms with Crippen LogP contribution >= 0.6 is 0 Å². The Balaban J connectivity index is 1.51. The van der Waals surface area contributed by atoms with Gasteiger partial charge in [0.15, 0.2) is 0 Å². The zero-order chi connectivity index (χ0) is 17.9. The first kappa shape index (κ1) is 17.3. The molecule has 25 heavy (non-hydrogen) atoms. The topological polar surface area (TPSA) is 81.6 Å². The molecule has 5 heteroatoms. The van der Waals surface area contributed by atoms with Crippen LogP contribution in [0.1, 0.15) is 35.6 Å². The first-order chi connectivity index (χ1) is 12.0. The van der Waals surface area contributed by atoms with E-state index in [-0.39, 0.29) is 23.9 Å². The number of urea groups is 1. The van der Waals surface area contributed by atoms with Gasteiger partial charge in [-0.1, -0.05) is 36.4 Å². The third kappa shape index (κ3) is 4.51.